The SMILES string of the molecule is CC1=C(OC(C)C)C(=O)C(C)(C)O1. The molecule has 0 saturated heterocycles. The minimum atomic E-state index is -0.756. The van der Waals surface area contributed by atoms with E-state index in [1.54, 1.807) is 20.8 Å². The maximum atomic E-state index is 11.7. The van der Waals surface area contributed by atoms with Gasteiger partial charge in [-0.25, -0.2) is 0 Å². The predicted molar refractivity (Wildman–Crippen MR) is 49.1 cm³/mol. The molecule has 3 nitrogen and oxygen atoms in total. The molecule has 0 aliphatic carbocycles. The Morgan fingerprint density at radius 3 is 2.23 bits per heavy atom. The van der Waals surface area contributed by atoms with Crippen LogP contribution in [0.15, 0.2) is 11.5 Å². The first-order valence-electron chi connectivity index (χ1n) is 4.46. The van der Waals surface area contributed by atoms with E-state index in [2.05, 4.69) is 0 Å². The number of carbonyl (C=O) groups excluding carboxylic acids is 1. The quantitative estimate of drug-likeness (QED) is 0.658. The number of allylic oxidation sites excluding steroid dienone is 1. The topological polar surface area (TPSA) is 35.5 Å². The lowest BCUT2D eigenvalue weighted by molar-refractivity contribution is -0.130. The van der Waals surface area contributed by atoms with Crippen molar-refractivity contribution in [1.29, 1.82) is 0 Å². The Morgan fingerprint density at radius 2 is 1.92 bits per heavy atom. The zero-order chi connectivity index (χ0) is 10.2. The van der Waals surface area contributed by atoms with Crippen molar-refractivity contribution in [1.82, 2.24) is 0 Å². The monoisotopic (exact) mass is 184 g/mol. The Hall–Kier alpha value is -0.990. The summed E-state index contributed by atoms with van der Waals surface area (Å²) in [7, 11) is 0. The van der Waals surface area contributed by atoms with Gasteiger partial charge in [-0.15, -0.1) is 0 Å². The summed E-state index contributed by atoms with van der Waals surface area (Å²) in [6.07, 6.45) is 0.00593. The highest BCUT2D eigenvalue weighted by molar-refractivity contribution is 6.02. The second-order valence-corrected chi connectivity index (χ2v) is 3.99. The molecule has 0 unspecified atom stereocenters. The molecule has 0 aromatic carbocycles. The second-order valence-electron chi connectivity index (χ2n) is 3.99. The Morgan fingerprint density at radius 1 is 1.38 bits per heavy atom. The second kappa shape index (κ2) is 3.05. The van der Waals surface area contributed by atoms with Gasteiger partial charge in [-0.3, -0.25) is 4.79 Å². The van der Waals surface area contributed by atoms with Crippen LogP contribution in [-0.4, -0.2) is 17.5 Å². The molecule has 0 spiro atoms. The van der Waals surface area contributed by atoms with Crippen molar-refractivity contribution in [2.24, 2.45) is 0 Å². The van der Waals surface area contributed by atoms with Crippen molar-refractivity contribution >= 4 is 5.78 Å². The van der Waals surface area contributed by atoms with E-state index < -0.39 is 5.60 Å². The molecule has 0 fully saturated rings. The summed E-state index contributed by atoms with van der Waals surface area (Å²) in [4.78, 5) is 11.7. The van der Waals surface area contributed by atoms with Crippen LogP contribution in [0.1, 0.15) is 34.6 Å². The Balaban J connectivity index is 2.85. The van der Waals surface area contributed by atoms with E-state index in [0.717, 1.165) is 0 Å². The van der Waals surface area contributed by atoms with Crippen LogP contribution in [0, 0.1) is 0 Å². The molecule has 0 aromatic rings. The van der Waals surface area contributed by atoms with Crippen LogP contribution in [0.5, 0.6) is 0 Å². The van der Waals surface area contributed by atoms with Gasteiger partial charge in [0.15, 0.2) is 5.60 Å². The fourth-order valence-electron chi connectivity index (χ4n) is 1.28. The van der Waals surface area contributed by atoms with Gasteiger partial charge in [0.25, 0.3) is 0 Å². The smallest absolute Gasteiger partial charge is 0.243 e. The third-order valence-electron chi connectivity index (χ3n) is 1.83. The normalized spacial score (nSPS) is 20.9. The Bertz CT molecular complexity index is 261. The Kier molecular flexibility index (Phi) is 2.37. The number of ether oxygens (including phenoxy) is 2. The summed E-state index contributed by atoms with van der Waals surface area (Å²) in [6, 6.07) is 0. The molecule has 1 aliphatic rings. The standard InChI is InChI=1S/C10H16O3/c1-6(2)12-8-7(3)13-10(4,5)9(8)11/h6H,1-5H3. The van der Waals surface area contributed by atoms with E-state index in [1.807, 2.05) is 13.8 Å². The van der Waals surface area contributed by atoms with Gasteiger partial charge in [0, 0.05) is 0 Å². The molecular formula is C10H16O3. The molecule has 0 saturated carbocycles. The fraction of sp³-hybridized carbons (Fsp3) is 0.700. The van der Waals surface area contributed by atoms with Crippen molar-refractivity contribution in [3.8, 4) is 0 Å². The lowest BCUT2D eigenvalue weighted by Gasteiger charge is -2.16. The first-order valence-corrected chi connectivity index (χ1v) is 4.46. The predicted octanol–water partition coefficient (Wildman–Crippen LogP) is 2.02. The number of carbonyl (C=O) groups is 1. The van der Waals surface area contributed by atoms with E-state index in [9.17, 15) is 4.79 Å². The van der Waals surface area contributed by atoms with E-state index in [1.165, 1.54) is 0 Å². The van der Waals surface area contributed by atoms with Crippen LogP contribution in [0.25, 0.3) is 0 Å². The molecule has 74 valence electrons. The summed E-state index contributed by atoms with van der Waals surface area (Å²) in [6.45, 7) is 9.02. The largest absolute Gasteiger partial charge is 0.484 e. The summed E-state index contributed by atoms with van der Waals surface area (Å²) in [5.41, 5.74) is -0.756. The average molecular weight is 184 g/mol. The lowest BCUT2D eigenvalue weighted by atomic mass is 10.0. The van der Waals surface area contributed by atoms with Gasteiger partial charge >= 0.3 is 0 Å². The molecule has 1 rings (SSSR count). The molecule has 0 bridgehead atoms. The van der Waals surface area contributed by atoms with Crippen molar-refractivity contribution in [3.63, 3.8) is 0 Å². The summed E-state index contributed by atoms with van der Waals surface area (Å²) in [5.74, 6) is 0.891. The van der Waals surface area contributed by atoms with Crippen molar-refractivity contribution in [2.45, 2.75) is 46.3 Å². The van der Waals surface area contributed by atoms with E-state index >= 15 is 0 Å². The maximum absolute atomic E-state index is 11.7. The van der Waals surface area contributed by atoms with Crippen LogP contribution >= 0.6 is 0 Å². The van der Waals surface area contributed by atoms with Crippen molar-refractivity contribution in [2.75, 3.05) is 0 Å². The van der Waals surface area contributed by atoms with Gasteiger partial charge in [-0.2, -0.15) is 0 Å². The van der Waals surface area contributed by atoms with Gasteiger partial charge in [-0.05, 0) is 34.6 Å². The highest BCUT2D eigenvalue weighted by Crippen LogP contribution is 2.30. The van der Waals surface area contributed by atoms with Crippen LogP contribution in [0.3, 0.4) is 0 Å². The molecule has 1 aliphatic heterocycles. The van der Waals surface area contributed by atoms with Crippen LogP contribution in [0.2, 0.25) is 0 Å². The zero-order valence-electron chi connectivity index (χ0n) is 8.80. The highest BCUT2D eigenvalue weighted by atomic mass is 16.6. The number of hydrogen-bond acceptors (Lipinski definition) is 3. The minimum Gasteiger partial charge on any atom is -0.484 e. The highest BCUT2D eigenvalue weighted by Gasteiger charge is 2.41. The molecule has 3 heteroatoms. The van der Waals surface area contributed by atoms with Gasteiger partial charge < -0.3 is 9.47 Å². The van der Waals surface area contributed by atoms with E-state index in [0.29, 0.717) is 11.5 Å². The zero-order valence-corrected chi connectivity index (χ0v) is 8.80. The van der Waals surface area contributed by atoms with E-state index in [-0.39, 0.29) is 11.9 Å². The summed E-state index contributed by atoms with van der Waals surface area (Å²) in [5, 5.41) is 0. The number of hydrogen-bond donors (Lipinski definition) is 0. The van der Waals surface area contributed by atoms with Gasteiger partial charge in [0.05, 0.1) is 6.10 Å². The maximum Gasteiger partial charge on any atom is 0.243 e. The molecule has 0 amide bonds. The number of rotatable bonds is 2. The van der Waals surface area contributed by atoms with Crippen molar-refractivity contribution < 1.29 is 14.3 Å². The van der Waals surface area contributed by atoms with E-state index in [4.69, 9.17) is 9.47 Å². The van der Waals surface area contributed by atoms with Gasteiger partial charge in [0.2, 0.25) is 11.5 Å². The average Bonchev–Trinajstić information content (AvgIpc) is 2.12. The molecule has 0 aromatic heterocycles. The summed E-state index contributed by atoms with van der Waals surface area (Å²) >= 11 is 0. The lowest BCUT2D eigenvalue weighted by Crippen LogP contribution is -2.30. The molecular weight excluding hydrogens is 168 g/mol. The van der Waals surface area contributed by atoms with Crippen LogP contribution in [0.4, 0.5) is 0 Å². The molecule has 0 radical (unpaired) electrons. The van der Waals surface area contributed by atoms with Gasteiger partial charge in [0.1, 0.15) is 5.76 Å². The van der Waals surface area contributed by atoms with Crippen molar-refractivity contribution in [3.05, 3.63) is 11.5 Å². The third kappa shape index (κ3) is 1.85. The van der Waals surface area contributed by atoms with Gasteiger partial charge in [-0.1, -0.05) is 0 Å². The molecule has 0 N–H and O–H groups in total. The fourth-order valence-corrected chi connectivity index (χ4v) is 1.28. The summed E-state index contributed by atoms with van der Waals surface area (Å²) < 4.78 is 10.8. The van der Waals surface area contributed by atoms with Crippen LogP contribution < -0.4 is 0 Å². The molecule has 1 heterocycles. The number of Topliss-reactive ketones (excluding diaryl/α,β-unsaturated/α-hetero) is 1. The number of ketones is 1. The first kappa shape index (κ1) is 10.1. The van der Waals surface area contributed by atoms with Crippen LogP contribution in [-0.2, 0) is 14.3 Å². The molecule has 0 atom stereocenters. The third-order valence-corrected chi connectivity index (χ3v) is 1.83. The molecule has 13 heavy (non-hydrogen) atoms. The Labute approximate surface area is 78.7 Å². The first-order chi connectivity index (χ1) is 5.84. The minimum absolute atomic E-state index is 0.00593.